The maximum atomic E-state index is 5.32. The Kier molecular flexibility index (Phi) is 2.18. The smallest absolute Gasteiger partial charge is 0.199 e. The molecule has 0 aliphatic rings. The number of aromatic nitrogens is 1. The Morgan fingerprint density at radius 1 is 1.25 bits per heavy atom. The number of H-pyrrole nitrogens is 1. The zero-order valence-electron chi connectivity index (χ0n) is 8.78. The first-order valence-electron chi connectivity index (χ1n) is 5.00. The first-order valence-corrected chi connectivity index (χ1v) is 5.88. The van der Waals surface area contributed by atoms with Gasteiger partial charge in [-0.3, -0.25) is 0 Å². The third kappa shape index (κ3) is 1.32. The Labute approximate surface area is 97.5 Å². The van der Waals surface area contributed by atoms with Crippen molar-refractivity contribution in [2.24, 2.45) is 0 Å². The predicted octanol–water partition coefficient (Wildman–Crippen LogP) is 3.71. The second kappa shape index (κ2) is 3.68. The fourth-order valence-electron chi connectivity index (χ4n) is 1.88. The number of hydrogen-bond acceptors (Lipinski definition) is 2. The summed E-state index contributed by atoms with van der Waals surface area (Å²) in [7, 11) is 1.67. The summed E-state index contributed by atoms with van der Waals surface area (Å²) >= 11 is 1.73. The highest BCUT2D eigenvalue weighted by atomic mass is 32.1. The molecule has 1 radical (unpaired) electrons. The van der Waals surface area contributed by atoms with Crippen molar-refractivity contribution in [3.8, 4) is 16.3 Å². The molecule has 3 aromatic rings. The van der Waals surface area contributed by atoms with Gasteiger partial charge in [-0.25, -0.2) is 0 Å². The summed E-state index contributed by atoms with van der Waals surface area (Å²) in [6.45, 7) is 0. The van der Waals surface area contributed by atoms with E-state index in [-0.39, 0.29) is 0 Å². The number of ether oxygens (including phenoxy) is 1. The largest absolute Gasteiger partial charge is 0.482 e. The second-order valence-electron chi connectivity index (χ2n) is 3.49. The van der Waals surface area contributed by atoms with Crippen LogP contribution >= 0.6 is 11.3 Å². The van der Waals surface area contributed by atoms with Crippen LogP contribution in [-0.4, -0.2) is 12.1 Å². The molecule has 3 rings (SSSR count). The Balaban J connectivity index is 2.35. The number of nitrogens with one attached hydrogen (secondary N) is 1. The molecule has 79 valence electrons. The lowest BCUT2D eigenvalue weighted by Gasteiger charge is -2.02. The Bertz CT molecular complexity index is 610. The van der Waals surface area contributed by atoms with Crippen molar-refractivity contribution in [1.29, 1.82) is 0 Å². The van der Waals surface area contributed by atoms with Crippen LogP contribution in [0.5, 0.6) is 5.88 Å². The molecule has 0 bridgehead atoms. The van der Waals surface area contributed by atoms with Gasteiger partial charge in [-0.1, -0.05) is 24.3 Å². The predicted molar refractivity (Wildman–Crippen MR) is 67.0 cm³/mol. The number of fused-ring (bicyclic) bond motifs is 1. The maximum absolute atomic E-state index is 5.32. The average Bonchev–Trinajstić information content (AvgIpc) is 2.97. The van der Waals surface area contributed by atoms with E-state index < -0.39 is 0 Å². The average molecular weight is 228 g/mol. The molecule has 0 fully saturated rings. The van der Waals surface area contributed by atoms with Gasteiger partial charge < -0.3 is 9.72 Å². The van der Waals surface area contributed by atoms with Crippen LogP contribution in [0, 0.1) is 6.20 Å². The number of hydrogen-bond donors (Lipinski definition) is 1. The van der Waals surface area contributed by atoms with Gasteiger partial charge in [0.15, 0.2) is 5.88 Å². The molecule has 1 N–H and O–H groups in total. The molecule has 2 aromatic heterocycles. The van der Waals surface area contributed by atoms with E-state index in [4.69, 9.17) is 4.74 Å². The van der Waals surface area contributed by atoms with E-state index in [0.717, 1.165) is 16.7 Å². The highest BCUT2D eigenvalue weighted by molar-refractivity contribution is 7.13. The van der Waals surface area contributed by atoms with Gasteiger partial charge in [-0.2, -0.15) is 0 Å². The van der Waals surface area contributed by atoms with Gasteiger partial charge >= 0.3 is 0 Å². The Morgan fingerprint density at radius 2 is 2.19 bits per heavy atom. The monoisotopic (exact) mass is 228 g/mol. The fourth-order valence-corrected chi connectivity index (χ4v) is 2.64. The normalized spacial score (nSPS) is 10.8. The Hall–Kier alpha value is -1.74. The number of methoxy groups -OCH3 is 1. The highest BCUT2D eigenvalue weighted by Crippen LogP contribution is 2.36. The summed E-state index contributed by atoms with van der Waals surface area (Å²) in [6, 6.07) is 10.4. The standard InChI is InChI=1S/C13H10NOS/c1-15-13-12-9(8-14-13)4-2-5-10(12)11-6-3-7-16-11/h2-7,14H,1H3. The lowest BCUT2D eigenvalue weighted by molar-refractivity contribution is 0.405. The van der Waals surface area contributed by atoms with Gasteiger partial charge in [0.1, 0.15) is 0 Å². The molecule has 1 aromatic carbocycles. The number of thiophene rings is 1. The molecular formula is C13H10NOS. The summed E-state index contributed by atoms with van der Waals surface area (Å²) in [6.07, 6.45) is 3.10. The topological polar surface area (TPSA) is 25.0 Å². The fraction of sp³-hybridized carbons (Fsp3) is 0.0769. The van der Waals surface area contributed by atoms with E-state index in [9.17, 15) is 0 Å². The van der Waals surface area contributed by atoms with Crippen LogP contribution in [0.4, 0.5) is 0 Å². The van der Waals surface area contributed by atoms with Gasteiger partial charge in [0.25, 0.3) is 0 Å². The van der Waals surface area contributed by atoms with E-state index >= 15 is 0 Å². The lowest BCUT2D eigenvalue weighted by Crippen LogP contribution is -1.83. The lowest BCUT2D eigenvalue weighted by atomic mass is 10.1. The summed E-state index contributed by atoms with van der Waals surface area (Å²) in [5.41, 5.74) is 1.20. The minimum Gasteiger partial charge on any atom is -0.482 e. The van der Waals surface area contributed by atoms with Crippen LogP contribution in [0.25, 0.3) is 21.2 Å². The summed E-state index contributed by atoms with van der Waals surface area (Å²) in [5, 5.41) is 4.24. The molecule has 0 unspecified atom stereocenters. The van der Waals surface area contributed by atoms with Crippen molar-refractivity contribution in [3.63, 3.8) is 0 Å². The third-order valence-corrected chi connectivity index (χ3v) is 3.50. The van der Waals surface area contributed by atoms with Crippen molar-refractivity contribution < 1.29 is 4.74 Å². The van der Waals surface area contributed by atoms with Crippen LogP contribution in [0.1, 0.15) is 0 Å². The Morgan fingerprint density at radius 3 is 2.94 bits per heavy atom. The van der Waals surface area contributed by atoms with Crippen LogP contribution in [0.3, 0.4) is 0 Å². The number of benzene rings is 1. The first-order chi connectivity index (χ1) is 7.90. The SMILES string of the molecule is COc1[nH][c]c2cccc(-c3cccs3)c12. The van der Waals surface area contributed by atoms with E-state index in [1.54, 1.807) is 18.4 Å². The minimum absolute atomic E-state index is 0.777. The minimum atomic E-state index is 0.777. The van der Waals surface area contributed by atoms with Gasteiger partial charge in [0.2, 0.25) is 0 Å². The van der Waals surface area contributed by atoms with E-state index in [0.29, 0.717) is 0 Å². The molecule has 0 saturated carbocycles. The summed E-state index contributed by atoms with van der Waals surface area (Å²) < 4.78 is 5.32. The number of rotatable bonds is 2. The zero-order valence-corrected chi connectivity index (χ0v) is 9.60. The summed E-state index contributed by atoms with van der Waals surface area (Å²) in [5.74, 6) is 0.777. The van der Waals surface area contributed by atoms with Gasteiger partial charge in [0.05, 0.1) is 18.7 Å². The van der Waals surface area contributed by atoms with Gasteiger partial charge in [0, 0.05) is 15.8 Å². The van der Waals surface area contributed by atoms with Crippen molar-refractivity contribution in [1.82, 2.24) is 4.98 Å². The molecule has 16 heavy (non-hydrogen) atoms. The highest BCUT2D eigenvalue weighted by Gasteiger charge is 2.10. The third-order valence-electron chi connectivity index (χ3n) is 2.59. The summed E-state index contributed by atoms with van der Waals surface area (Å²) in [4.78, 5) is 4.27. The van der Waals surface area contributed by atoms with Crippen LogP contribution in [0.15, 0.2) is 35.7 Å². The molecule has 0 saturated heterocycles. The van der Waals surface area contributed by atoms with E-state index in [1.807, 2.05) is 12.1 Å². The molecule has 0 aliphatic heterocycles. The van der Waals surface area contributed by atoms with Crippen LogP contribution in [-0.2, 0) is 0 Å². The second-order valence-corrected chi connectivity index (χ2v) is 4.44. The molecule has 0 atom stereocenters. The number of aromatic amines is 1. The first kappa shape index (κ1) is 9.48. The van der Waals surface area contributed by atoms with Crippen molar-refractivity contribution in [2.45, 2.75) is 0 Å². The van der Waals surface area contributed by atoms with Crippen molar-refractivity contribution >= 4 is 22.1 Å². The zero-order chi connectivity index (χ0) is 11.0. The molecule has 2 nitrogen and oxygen atoms in total. The maximum Gasteiger partial charge on any atom is 0.199 e. The van der Waals surface area contributed by atoms with Gasteiger partial charge in [-0.05, 0) is 11.4 Å². The molecular weight excluding hydrogens is 218 g/mol. The molecule has 2 heterocycles. The molecule has 0 spiro atoms. The van der Waals surface area contributed by atoms with E-state index in [2.05, 4.69) is 34.8 Å². The van der Waals surface area contributed by atoms with Crippen molar-refractivity contribution in [3.05, 3.63) is 41.9 Å². The van der Waals surface area contributed by atoms with Crippen LogP contribution < -0.4 is 4.74 Å². The van der Waals surface area contributed by atoms with Gasteiger partial charge in [-0.15, -0.1) is 11.3 Å². The molecule has 0 aliphatic carbocycles. The molecule has 3 heteroatoms. The van der Waals surface area contributed by atoms with Crippen LogP contribution in [0.2, 0.25) is 0 Å². The molecule has 0 amide bonds. The van der Waals surface area contributed by atoms with Crippen molar-refractivity contribution in [2.75, 3.05) is 7.11 Å². The van der Waals surface area contributed by atoms with E-state index in [1.165, 1.54) is 10.4 Å². The quantitative estimate of drug-likeness (QED) is 0.710.